The number of hydrogen-bond donors (Lipinski definition) is 2. The van der Waals surface area contributed by atoms with E-state index in [1.807, 2.05) is 0 Å². The molecule has 2 rings (SSSR count). The summed E-state index contributed by atoms with van der Waals surface area (Å²) in [7, 11) is 1.69. The average Bonchev–Trinajstić information content (AvgIpc) is 2.66. The van der Waals surface area contributed by atoms with Gasteiger partial charge in [0.1, 0.15) is 5.60 Å². The lowest BCUT2D eigenvalue weighted by atomic mass is 9.70. The molecule has 2 N–H and O–H groups in total. The highest BCUT2D eigenvalue weighted by Gasteiger charge is 2.42. The van der Waals surface area contributed by atoms with Gasteiger partial charge in [-0.3, -0.25) is 4.98 Å². The molecule has 1 aliphatic rings. The van der Waals surface area contributed by atoms with E-state index in [9.17, 15) is 4.79 Å². The predicted molar refractivity (Wildman–Crippen MR) is 60.1 cm³/mol. The average molecular weight is 225 g/mol. The lowest BCUT2D eigenvalue weighted by Gasteiger charge is -2.41. The normalized spacial score (nSPS) is 23.2. The van der Waals surface area contributed by atoms with Crippen LogP contribution >= 0.6 is 0 Å². The first-order valence-electron chi connectivity index (χ1n) is 5.68. The number of nitrogens with zero attached hydrogens (tertiary/aromatic N) is 1. The highest BCUT2D eigenvalue weighted by atomic mass is 16.5. The van der Waals surface area contributed by atoms with Crippen LogP contribution in [-0.2, 0) is 10.3 Å². The molecule has 0 unspecified atom stereocenters. The zero-order valence-electron chi connectivity index (χ0n) is 10.1. The Labute approximate surface area is 94.6 Å². The predicted octanol–water partition coefficient (Wildman–Crippen LogP) is 1.54. The van der Waals surface area contributed by atoms with Crippen molar-refractivity contribution in [3.05, 3.63) is 16.3 Å². The molecule has 1 aliphatic carbocycles. The van der Waals surface area contributed by atoms with Crippen molar-refractivity contribution >= 4 is 0 Å². The minimum absolute atomic E-state index is 0.267. The van der Waals surface area contributed by atoms with Crippen LogP contribution < -0.4 is 5.69 Å². The fraction of sp³-hybridized carbons (Fsp3) is 0.818. The Balaban J connectivity index is 2.25. The van der Waals surface area contributed by atoms with Crippen molar-refractivity contribution in [1.82, 2.24) is 15.2 Å². The van der Waals surface area contributed by atoms with Crippen molar-refractivity contribution in [3.63, 3.8) is 0 Å². The second kappa shape index (κ2) is 3.73. The summed E-state index contributed by atoms with van der Waals surface area (Å²) < 4.78 is 5.62. The summed E-state index contributed by atoms with van der Waals surface area (Å²) >= 11 is 0. The van der Waals surface area contributed by atoms with Crippen molar-refractivity contribution in [2.75, 3.05) is 7.11 Å². The van der Waals surface area contributed by atoms with Gasteiger partial charge in [0.15, 0.2) is 5.82 Å². The van der Waals surface area contributed by atoms with Gasteiger partial charge in [0, 0.05) is 7.11 Å². The van der Waals surface area contributed by atoms with E-state index in [4.69, 9.17) is 4.74 Å². The molecule has 1 saturated carbocycles. The van der Waals surface area contributed by atoms with E-state index in [0.717, 1.165) is 25.7 Å². The second-order valence-corrected chi connectivity index (χ2v) is 5.39. The maximum atomic E-state index is 11.1. The molecule has 0 aliphatic heterocycles. The topological polar surface area (TPSA) is 70.8 Å². The Hall–Kier alpha value is -1.10. The number of aromatic amines is 2. The van der Waals surface area contributed by atoms with Crippen LogP contribution in [0.3, 0.4) is 0 Å². The standard InChI is InChI=1S/C11H19N3O2/c1-10(2)4-6-11(16-3,7-5-10)8-12-9(15)14-13-8/h4-7H2,1-3H3,(H2,12,13,14,15). The maximum absolute atomic E-state index is 11.1. The summed E-state index contributed by atoms with van der Waals surface area (Å²) in [5.41, 5.74) is -0.316. The molecule has 1 aromatic heterocycles. The van der Waals surface area contributed by atoms with Gasteiger partial charge in [0.25, 0.3) is 0 Å². The Morgan fingerprint density at radius 3 is 2.31 bits per heavy atom. The van der Waals surface area contributed by atoms with Gasteiger partial charge in [-0.15, -0.1) is 0 Å². The van der Waals surface area contributed by atoms with Crippen molar-refractivity contribution < 1.29 is 4.74 Å². The molecule has 16 heavy (non-hydrogen) atoms. The molecule has 0 amide bonds. The molecular formula is C11H19N3O2. The van der Waals surface area contributed by atoms with E-state index in [1.54, 1.807) is 7.11 Å². The number of rotatable bonds is 2. The summed E-state index contributed by atoms with van der Waals surface area (Å²) in [5.74, 6) is 0.635. The second-order valence-electron chi connectivity index (χ2n) is 5.39. The molecule has 1 aromatic rings. The Morgan fingerprint density at radius 1 is 1.25 bits per heavy atom. The maximum Gasteiger partial charge on any atom is 0.340 e. The molecule has 0 saturated heterocycles. The minimum Gasteiger partial charge on any atom is -0.370 e. The third-order valence-electron chi connectivity index (χ3n) is 3.73. The zero-order valence-corrected chi connectivity index (χ0v) is 10.1. The van der Waals surface area contributed by atoms with Gasteiger partial charge in [0.2, 0.25) is 0 Å². The summed E-state index contributed by atoms with van der Waals surface area (Å²) in [5, 5.41) is 6.42. The van der Waals surface area contributed by atoms with Gasteiger partial charge in [-0.05, 0) is 31.1 Å². The van der Waals surface area contributed by atoms with Crippen molar-refractivity contribution in [1.29, 1.82) is 0 Å². The van der Waals surface area contributed by atoms with E-state index in [1.165, 1.54) is 0 Å². The number of hydrogen-bond acceptors (Lipinski definition) is 3. The summed E-state index contributed by atoms with van der Waals surface area (Å²) in [6.07, 6.45) is 3.96. The highest BCUT2D eigenvalue weighted by Crippen LogP contribution is 2.45. The van der Waals surface area contributed by atoms with Gasteiger partial charge in [-0.2, -0.15) is 5.10 Å². The quantitative estimate of drug-likeness (QED) is 0.802. The highest BCUT2D eigenvalue weighted by molar-refractivity contribution is 5.03. The van der Waals surface area contributed by atoms with E-state index >= 15 is 0 Å². The molecular weight excluding hydrogens is 206 g/mol. The van der Waals surface area contributed by atoms with E-state index < -0.39 is 5.60 Å². The number of ether oxygens (including phenoxy) is 1. The summed E-state index contributed by atoms with van der Waals surface area (Å²) in [6, 6.07) is 0. The van der Waals surface area contributed by atoms with Gasteiger partial charge in [0.05, 0.1) is 0 Å². The molecule has 1 heterocycles. The van der Waals surface area contributed by atoms with Gasteiger partial charge in [-0.25, -0.2) is 9.89 Å². The van der Waals surface area contributed by atoms with Gasteiger partial charge in [-0.1, -0.05) is 13.8 Å². The molecule has 0 atom stereocenters. The van der Waals surface area contributed by atoms with Crippen molar-refractivity contribution in [3.8, 4) is 0 Å². The molecule has 5 heteroatoms. The molecule has 0 aromatic carbocycles. The smallest absolute Gasteiger partial charge is 0.340 e. The van der Waals surface area contributed by atoms with E-state index in [0.29, 0.717) is 11.2 Å². The lowest BCUT2D eigenvalue weighted by molar-refractivity contribution is -0.0727. The summed E-state index contributed by atoms with van der Waals surface area (Å²) in [6.45, 7) is 4.53. The van der Waals surface area contributed by atoms with Crippen LogP contribution in [0, 0.1) is 5.41 Å². The molecule has 5 nitrogen and oxygen atoms in total. The Bertz CT molecular complexity index is 409. The third kappa shape index (κ3) is 1.91. The first-order chi connectivity index (χ1) is 7.47. The number of aromatic nitrogens is 3. The number of H-pyrrole nitrogens is 2. The Morgan fingerprint density at radius 2 is 1.88 bits per heavy atom. The summed E-state index contributed by atoms with van der Waals surface area (Å²) in [4.78, 5) is 13.8. The molecule has 0 bridgehead atoms. The van der Waals surface area contributed by atoms with E-state index in [-0.39, 0.29) is 5.69 Å². The van der Waals surface area contributed by atoms with Crippen LogP contribution in [-0.4, -0.2) is 22.3 Å². The molecule has 1 fully saturated rings. The van der Waals surface area contributed by atoms with Crippen LogP contribution in [0.4, 0.5) is 0 Å². The number of nitrogens with one attached hydrogen (secondary N) is 2. The molecule has 0 spiro atoms. The van der Waals surface area contributed by atoms with Crippen LogP contribution in [0.25, 0.3) is 0 Å². The monoisotopic (exact) mass is 225 g/mol. The number of methoxy groups -OCH3 is 1. The molecule has 0 radical (unpaired) electrons. The van der Waals surface area contributed by atoms with Crippen LogP contribution in [0.15, 0.2) is 4.79 Å². The van der Waals surface area contributed by atoms with Crippen molar-refractivity contribution in [2.45, 2.75) is 45.1 Å². The lowest BCUT2D eigenvalue weighted by Crippen LogP contribution is -2.37. The zero-order chi connectivity index (χ0) is 11.8. The minimum atomic E-state index is -0.408. The first-order valence-corrected chi connectivity index (χ1v) is 5.68. The van der Waals surface area contributed by atoms with Crippen molar-refractivity contribution in [2.24, 2.45) is 5.41 Å². The SMILES string of the molecule is COC1(c2n[nH]c(=O)[nH]2)CCC(C)(C)CC1. The first kappa shape index (κ1) is 11.4. The largest absolute Gasteiger partial charge is 0.370 e. The Kier molecular flexibility index (Phi) is 2.66. The van der Waals surface area contributed by atoms with Gasteiger partial charge >= 0.3 is 5.69 Å². The van der Waals surface area contributed by atoms with Crippen LogP contribution in [0.2, 0.25) is 0 Å². The third-order valence-corrected chi connectivity index (χ3v) is 3.73. The van der Waals surface area contributed by atoms with Crippen LogP contribution in [0.1, 0.15) is 45.4 Å². The van der Waals surface area contributed by atoms with E-state index in [2.05, 4.69) is 29.0 Å². The fourth-order valence-electron chi connectivity index (χ4n) is 2.35. The van der Waals surface area contributed by atoms with Crippen LogP contribution in [0.5, 0.6) is 0 Å². The molecule has 90 valence electrons. The fourth-order valence-corrected chi connectivity index (χ4v) is 2.35. The van der Waals surface area contributed by atoms with Gasteiger partial charge < -0.3 is 4.74 Å².